The highest BCUT2D eigenvalue weighted by molar-refractivity contribution is 5.94. The van der Waals surface area contributed by atoms with E-state index in [4.69, 9.17) is 9.47 Å². The van der Waals surface area contributed by atoms with Gasteiger partial charge in [0, 0.05) is 12.1 Å². The van der Waals surface area contributed by atoms with Gasteiger partial charge in [0.1, 0.15) is 12.7 Å². The topological polar surface area (TPSA) is 78.3 Å². The number of hydrogen-bond donors (Lipinski definition) is 1. The van der Waals surface area contributed by atoms with Gasteiger partial charge in [-0.25, -0.2) is 9.67 Å². The highest BCUT2D eigenvalue weighted by Crippen LogP contribution is 2.32. The van der Waals surface area contributed by atoms with Gasteiger partial charge in [-0.3, -0.25) is 4.79 Å². The zero-order valence-electron chi connectivity index (χ0n) is 10.9. The zero-order chi connectivity index (χ0) is 13.9. The van der Waals surface area contributed by atoms with Crippen LogP contribution in [-0.2, 0) is 0 Å². The lowest BCUT2D eigenvalue weighted by Crippen LogP contribution is -2.29. The molecule has 2 heterocycles. The number of carbonyl (C=O) groups excluding carboxylic acids is 1. The standard InChI is InChI=1S/C13H14N4O3/c1-9(17-7-14-6-16-17)5-15-13(18)10-2-3-11-12(4-10)20-8-19-11/h2-4,6-7,9H,5,8H2,1H3,(H,15,18)/t9-/m1/s1. The third-order valence-electron chi connectivity index (χ3n) is 3.08. The van der Waals surface area contributed by atoms with Crippen LogP contribution in [0.3, 0.4) is 0 Å². The highest BCUT2D eigenvalue weighted by atomic mass is 16.7. The van der Waals surface area contributed by atoms with Crippen LogP contribution in [-0.4, -0.2) is 34.0 Å². The van der Waals surface area contributed by atoms with Gasteiger partial charge in [0.2, 0.25) is 6.79 Å². The summed E-state index contributed by atoms with van der Waals surface area (Å²) in [6.45, 7) is 2.62. The Kier molecular flexibility index (Phi) is 3.24. The van der Waals surface area contributed by atoms with E-state index in [-0.39, 0.29) is 18.7 Å². The smallest absolute Gasteiger partial charge is 0.251 e. The molecule has 1 N–H and O–H groups in total. The summed E-state index contributed by atoms with van der Waals surface area (Å²) in [6, 6.07) is 5.16. The van der Waals surface area contributed by atoms with Crippen molar-refractivity contribution in [2.45, 2.75) is 13.0 Å². The molecule has 1 aromatic carbocycles. The molecule has 0 unspecified atom stereocenters. The van der Waals surface area contributed by atoms with Gasteiger partial charge in [0.15, 0.2) is 11.5 Å². The zero-order valence-corrected chi connectivity index (χ0v) is 10.9. The van der Waals surface area contributed by atoms with E-state index in [1.165, 1.54) is 6.33 Å². The number of aromatic nitrogens is 3. The molecule has 0 fully saturated rings. The van der Waals surface area contributed by atoms with Crippen LogP contribution in [0, 0.1) is 0 Å². The molecule has 0 spiro atoms. The Hall–Kier alpha value is -2.57. The number of ether oxygens (including phenoxy) is 2. The average molecular weight is 274 g/mol. The van der Waals surface area contributed by atoms with Gasteiger partial charge < -0.3 is 14.8 Å². The van der Waals surface area contributed by atoms with Crippen molar-refractivity contribution in [1.29, 1.82) is 0 Å². The first-order valence-corrected chi connectivity index (χ1v) is 6.26. The second-order valence-electron chi connectivity index (χ2n) is 4.50. The van der Waals surface area contributed by atoms with Crippen molar-refractivity contribution < 1.29 is 14.3 Å². The van der Waals surface area contributed by atoms with E-state index in [0.717, 1.165) is 0 Å². The molecule has 1 aromatic heterocycles. The molecule has 1 aliphatic rings. The molecule has 1 amide bonds. The summed E-state index contributed by atoms with van der Waals surface area (Å²) in [4.78, 5) is 15.9. The van der Waals surface area contributed by atoms with E-state index in [2.05, 4.69) is 15.4 Å². The molecule has 0 saturated heterocycles. The molecule has 1 aliphatic heterocycles. The van der Waals surface area contributed by atoms with Crippen molar-refractivity contribution in [3.8, 4) is 11.5 Å². The molecule has 104 valence electrons. The second kappa shape index (κ2) is 5.20. The number of nitrogens with zero attached hydrogens (tertiary/aromatic N) is 3. The molecule has 7 heteroatoms. The van der Waals surface area contributed by atoms with Crippen molar-refractivity contribution in [2.75, 3.05) is 13.3 Å². The number of nitrogens with one attached hydrogen (secondary N) is 1. The van der Waals surface area contributed by atoms with Gasteiger partial charge in [-0.05, 0) is 25.1 Å². The van der Waals surface area contributed by atoms with Crippen molar-refractivity contribution >= 4 is 5.91 Å². The quantitative estimate of drug-likeness (QED) is 0.899. The van der Waals surface area contributed by atoms with Crippen LogP contribution in [0.15, 0.2) is 30.9 Å². The Morgan fingerprint density at radius 2 is 2.30 bits per heavy atom. The minimum Gasteiger partial charge on any atom is -0.454 e. The van der Waals surface area contributed by atoms with Crippen LogP contribution in [0.4, 0.5) is 0 Å². The second-order valence-corrected chi connectivity index (χ2v) is 4.50. The van der Waals surface area contributed by atoms with E-state index < -0.39 is 0 Å². The molecule has 0 saturated carbocycles. The Morgan fingerprint density at radius 1 is 1.45 bits per heavy atom. The Labute approximate surface area is 115 Å². The van der Waals surface area contributed by atoms with E-state index in [1.54, 1.807) is 29.2 Å². The SMILES string of the molecule is C[C@H](CNC(=O)c1ccc2c(c1)OCO2)n1cncn1. The third-order valence-corrected chi connectivity index (χ3v) is 3.08. The van der Waals surface area contributed by atoms with Crippen LogP contribution in [0.2, 0.25) is 0 Å². The van der Waals surface area contributed by atoms with E-state index in [0.29, 0.717) is 23.6 Å². The summed E-state index contributed by atoms with van der Waals surface area (Å²) in [5.74, 6) is 1.11. The van der Waals surface area contributed by atoms with Crippen LogP contribution in [0.25, 0.3) is 0 Å². The Balaban J connectivity index is 1.62. The summed E-state index contributed by atoms with van der Waals surface area (Å²) in [5.41, 5.74) is 0.542. The molecule has 2 aromatic rings. The number of amides is 1. The van der Waals surface area contributed by atoms with Gasteiger partial charge in [-0.1, -0.05) is 0 Å². The average Bonchev–Trinajstić information content (AvgIpc) is 3.13. The molecular formula is C13H14N4O3. The number of hydrogen-bond acceptors (Lipinski definition) is 5. The number of fused-ring (bicyclic) bond motifs is 1. The van der Waals surface area contributed by atoms with Crippen molar-refractivity contribution in [2.24, 2.45) is 0 Å². The monoisotopic (exact) mass is 274 g/mol. The molecular weight excluding hydrogens is 260 g/mol. The molecule has 7 nitrogen and oxygen atoms in total. The van der Waals surface area contributed by atoms with Crippen molar-refractivity contribution in [3.05, 3.63) is 36.4 Å². The maximum absolute atomic E-state index is 12.1. The fourth-order valence-electron chi connectivity index (χ4n) is 1.92. The lowest BCUT2D eigenvalue weighted by atomic mass is 10.2. The maximum atomic E-state index is 12.1. The van der Waals surface area contributed by atoms with Gasteiger partial charge in [0.25, 0.3) is 5.91 Å². The Morgan fingerprint density at radius 3 is 3.10 bits per heavy atom. The predicted octanol–water partition coefficient (Wildman–Crippen LogP) is 0.998. The number of rotatable bonds is 4. The normalized spacial score (nSPS) is 14.1. The van der Waals surface area contributed by atoms with Crippen molar-refractivity contribution in [1.82, 2.24) is 20.1 Å². The van der Waals surface area contributed by atoms with Crippen LogP contribution >= 0.6 is 0 Å². The predicted molar refractivity (Wildman–Crippen MR) is 69.6 cm³/mol. The fraction of sp³-hybridized carbons (Fsp3) is 0.308. The van der Waals surface area contributed by atoms with Crippen molar-refractivity contribution in [3.63, 3.8) is 0 Å². The van der Waals surface area contributed by atoms with E-state index >= 15 is 0 Å². The van der Waals surface area contributed by atoms with E-state index in [9.17, 15) is 4.79 Å². The minimum absolute atomic E-state index is 0.0375. The first-order chi connectivity index (χ1) is 9.74. The van der Waals surface area contributed by atoms with Crippen LogP contribution in [0.1, 0.15) is 23.3 Å². The van der Waals surface area contributed by atoms with E-state index in [1.807, 2.05) is 6.92 Å². The molecule has 3 rings (SSSR count). The first kappa shape index (κ1) is 12.5. The Bertz CT molecular complexity index is 612. The number of carbonyl (C=O) groups is 1. The summed E-state index contributed by atoms with van der Waals surface area (Å²) >= 11 is 0. The summed E-state index contributed by atoms with van der Waals surface area (Å²) in [5, 5.41) is 6.89. The van der Waals surface area contributed by atoms with Gasteiger partial charge in [0.05, 0.1) is 6.04 Å². The lowest BCUT2D eigenvalue weighted by Gasteiger charge is -2.12. The largest absolute Gasteiger partial charge is 0.454 e. The first-order valence-electron chi connectivity index (χ1n) is 6.26. The summed E-state index contributed by atoms with van der Waals surface area (Å²) in [6.07, 6.45) is 3.09. The molecule has 0 radical (unpaired) electrons. The third kappa shape index (κ3) is 2.42. The highest BCUT2D eigenvalue weighted by Gasteiger charge is 2.16. The fourth-order valence-corrected chi connectivity index (χ4v) is 1.92. The molecule has 0 bridgehead atoms. The molecule has 1 atom stereocenters. The van der Waals surface area contributed by atoms with Gasteiger partial charge >= 0.3 is 0 Å². The summed E-state index contributed by atoms with van der Waals surface area (Å²) in [7, 11) is 0. The van der Waals surface area contributed by atoms with Gasteiger partial charge in [-0.15, -0.1) is 0 Å². The van der Waals surface area contributed by atoms with Gasteiger partial charge in [-0.2, -0.15) is 5.10 Å². The van der Waals surface area contributed by atoms with Crippen LogP contribution < -0.4 is 14.8 Å². The molecule has 0 aliphatic carbocycles. The lowest BCUT2D eigenvalue weighted by molar-refractivity contribution is 0.0947. The summed E-state index contributed by atoms with van der Waals surface area (Å²) < 4.78 is 12.2. The van der Waals surface area contributed by atoms with Crippen LogP contribution in [0.5, 0.6) is 11.5 Å². The minimum atomic E-state index is -0.157. The maximum Gasteiger partial charge on any atom is 0.251 e. The molecule has 20 heavy (non-hydrogen) atoms. The number of benzene rings is 1.